The van der Waals surface area contributed by atoms with Gasteiger partial charge in [0.15, 0.2) is 0 Å². The van der Waals surface area contributed by atoms with Crippen molar-refractivity contribution in [2.24, 2.45) is 0 Å². The van der Waals surface area contributed by atoms with Crippen LogP contribution in [0.5, 0.6) is 5.75 Å². The average Bonchev–Trinajstić information content (AvgIpc) is 2.79. The fraction of sp³-hybridized carbons (Fsp3) is 0.280. The smallest absolute Gasteiger partial charge is 0.406 e. The molecule has 1 aliphatic heterocycles. The molecule has 0 bridgehead atoms. The van der Waals surface area contributed by atoms with Gasteiger partial charge in [-0.2, -0.15) is 0 Å². The number of rotatable bonds is 6. The van der Waals surface area contributed by atoms with Crippen LogP contribution in [0.25, 0.3) is 10.9 Å². The van der Waals surface area contributed by atoms with Crippen molar-refractivity contribution in [3.63, 3.8) is 0 Å². The Bertz CT molecular complexity index is 1400. The van der Waals surface area contributed by atoms with Crippen LogP contribution < -0.4 is 20.9 Å². The van der Waals surface area contributed by atoms with Crippen molar-refractivity contribution in [2.75, 3.05) is 0 Å². The molecule has 8 nitrogen and oxygen atoms in total. The first-order valence-electron chi connectivity index (χ1n) is 11.1. The Morgan fingerprint density at radius 3 is 2.61 bits per heavy atom. The van der Waals surface area contributed by atoms with Crippen LogP contribution in [-0.2, 0) is 22.6 Å². The lowest BCUT2D eigenvalue weighted by atomic mass is 10.0. The van der Waals surface area contributed by atoms with Crippen molar-refractivity contribution >= 4 is 22.7 Å². The molecule has 2 N–H and O–H groups in total. The Kier molecular flexibility index (Phi) is 6.82. The van der Waals surface area contributed by atoms with E-state index in [4.69, 9.17) is 0 Å². The zero-order valence-electron chi connectivity index (χ0n) is 19.3. The minimum atomic E-state index is -4.79. The number of piperidine rings is 1. The highest BCUT2D eigenvalue weighted by Crippen LogP contribution is 2.24. The highest BCUT2D eigenvalue weighted by Gasteiger charge is 2.31. The third-order valence-electron chi connectivity index (χ3n) is 5.82. The van der Waals surface area contributed by atoms with Crippen LogP contribution in [0.2, 0.25) is 0 Å². The van der Waals surface area contributed by atoms with Gasteiger partial charge in [-0.05, 0) is 49.1 Å². The molecular formula is C25H23F3N4O4. The van der Waals surface area contributed by atoms with Gasteiger partial charge in [-0.15, -0.1) is 13.2 Å². The summed E-state index contributed by atoms with van der Waals surface area (Å²) in [4.78, 5) is 43.0. The fourth-order valence-corrected chi connectivity index (χ4v) is 4.20. The second kappa shape index (κ2) is 9.84. The van der Waals surface area contributed by atoms with E-state index in [1.54, 1.807) is 25.1 Å². The van der Waals surface area contributed by atoms with Gasteiger partial charge in [-0.25, -0.2) is 4.98 Å². The molecule has 11 heteroatoms. The Hall–Kier alpha value is -4.15. The van der Waals surface area contributed by atoms with Gasteiger partial charge in [0.05, 0.1) is 17.3 Å². The number of amides is 2. The van der Waals surface area contributed by atoms with Gasteiger partial charge < -0.3 is 15.4 Å². The van der Waals surface area contributed by atoms with E-state index in [-0.39, 0.29) is 36.1 Å². The van der Waals surface area contributed by atoms with Crippen LogP contribution in [0.3, 0.4) is 0 Å². The molecule has 3 aromatic rings. The summed E-state index contributed by atoms with van der Waals surface area (Å²) >= 11 is 0. The molecule has 2 amide bonds. The number of nitrogens with one attached hydrogen (secondary N) is 2. The zero-order chi connectivity index (χ0) is 26.0. The molecule has 1 atom stereocenters. The van der Waals surface area contributed by atoms with Crippen molar-refractivity contribution < 1.29 is 27.5 Å². The number of aryl methyl sites for hydroxylation is 1. The van der Waals surface area contributed by atoms with Crippen molar-refractivity contribution in [1.82, 2.24) is 20.2 Å². The first-order valence-corrected chi connectivity index (χ1v) is 11.1. The van der Waals surface area contributed by atoms with Crippen LogP contribution in [-0.4, -0.2) is 27.7 Å². The largest absolute Gasteiger partial charge is 0.573 e. The summed E-state index contributed by atoms with van der Waals surface area (Å²) in [6.07, 6.45) is -3.91. The Morgan fingerprint density at radius 1 is 1.22 bits per heavy atom. The number of alkyl halides is 3. The first kappa shape index (κ1) is 25.0. The number of carbonyl (C=O) groups is 2. The third kappa shape index (κ3) is 5.56. The van der Waals surface area contributed by atoms with Crippen molar-refractivity contribution in [1.29, 1.82) is 0 Å². The SMILES string of the molecule is C=C1CCC(n2c(C)nc3cccc(CNC(=O)Cc4ccc(OC(F)(F)F)cc4)c3c2=O)C(=O)N1. The summed E-state index contributed by atoms with van der Waals surface area (Å²) in [5, 5.41) is 5.71. The molecule has 0 radical (unpaired) electrons. The maximum absolute atomic E-state index is 13.5. The highest BCUT2D eigenvalue weighted by atomic mass is 19.4. The van der Waals surface area contributed by atoms with Gasteiger partial charge in [0.1, 0.15) is 17.6 Å². The van der Waals surface area contributed by atoms with E-state index < -0.39 is 12.4 Å². The van der Waals surface area contributed by atoms with Gasteiger partial charge in [0.25, 0.3) is 5.56 Å². The number of nitrogens with zero attached hydrogens (tertiary/aromatic N) is 2. The van der Waals surface area contributed by atoms with Crippen LogP contribution in [0, 0.1) is 6.92 Å². The van der Waals surface area contributed by atoms with E-state index in [1.807, 2.05) is 0 Å². The fourth-order valence-electron chi connectivity index (χ4n) is 4.20. The lowest BCUT2D eigenvalue weighted by Crippen LogP contribution is -2.41. The van der Waals surface area contributed by atoms with Gasteiger partial charge in [-0.3, -0.25) is 19.0 Å². The van der Waals surface area contributed by atoms with Gasteiger partial charge in [-0.1, -0.05) is 30.8 Å². The number of hydrogen-bond donors (Lipinski definition) is 2. The Balaban J connectivity index is 1.52. The standard InChI is InChI=1S/C25H23F3N4O4/c1-14-6-11-20(23(34)30-14)32-15(2)31-19-5-3-4-17(22(19)24(32)35)13-29-21(33)12-16-7-9-18(10-8-16)36-25(26,27)28/h3-5,7-10,20H,1,6,11-13H2,2H3,(H,29,33)(H,30,34). The topological polar surface area (TPSA) is 102 Å². The van der Waals surface area contributed by atoms with E-state index in [0.29, 0.717) is 46.4 Å². The molecule has 2 aromatic carbocycles. The number of aromatic nitrogens is 2. The summed E-state index contributed by atoms with van der Waals surface area (Å²) in [5.41, 5.74) is 1.68. The van der Waals surface area contributed by atoms with E-state index in [2.05, 4.69) is 26.9 Å². The van der Waals surface area contributed by atoms with Crippen LogP contribution in [0.4, 0.5) is 13.2 Å². The van der Waals surface area contributed by atoms with E-state index in [0.717, 1.165) is 12.1 Å². The molecule has 1 aliphatic rings. The van der Waals surface area contributed by atoms with Gasteiger partial charge >= 0.3 is 6.36 Å². The molecule has 36 heavy (non-hydrogen) atoms. The monoisotopic (exact) mass is 500 g/mol. The van der Waals surface area contributed by atoms with E-state index >= 15 is 0 Å². The molecule has 1 aromatic heterocycles. The molecule has 4 rings (SSSR count). The first-order chi connectivity index (χ1) is 17.0. The molecule has 0 spiro atoms. The minimum absolute atomic E-state index is 0.0269. The second-order valence-corrected chi connectivity index (χ2v) is 8.44. The van der Waals surface area contributed by atoms with Crippen LogP contribution >= 0.6 is 0 Å². The zero-order valence-corrected chi connectivity index (χ0v) is 19.3. The molecule has 2 heterocycles. The molecule has 1 fully saturated rings. The van der Waals surface area contributed by atoms with E-state index in [1.165, 1.54) is 16.7 Å². The van der Waals surface area contributed by atoms with Crippen LogP contribution in [0.1, 0.15) is 35.8 Å². The minimum Gasteiger partial charge on any atom is -0.406 e. The highest BCUT2D eigenvalue weighted by molar-refractivity contribution is 5.85. The maximum Gasteiger partial charge on any atom is 0.573 e. The number of fused-ring (bicyclic) bond motifs is 1. The van der Waals surface area contributed by atoms with Crippen LogP contribution in [0.15, 0.2) is 59.5 Å². The number of allylic oxidation sites excluding steroid dienone is 1. The summed E-state index contributed by atoms with van der Waals surface area (Å²) < 4.78 is 42.1. The number of benzene rings is 2. The number of hydrogen-bond acceptors (Lipinski definition) is 5. The summed E-state index contributed by atoms with van der Waals surface area (Å²) in [6.45, 7) is 5.45. The third-order valence-corrected chi connectivity index (χ3v) is 5.82. The molecule has 188 valence electrons. The van der Waals surface area contributed by atoms with Crippen molar-refractivity contribution in [2.45, 2.75) is 45.1 Å². The normalized spacial score (nSPS) is 16.1. The predicted molar refractivity (Wildman–Crippen MR) is 125 cm³/mol. The quantitative estimate of drug-likeness (QED) is 0.540. The molecule has 1 unspecified atom stereocenters. The summed E-state index contributed by atoms with van der Waals surface area (Å²) in [6, 6.07) is 9.39. The second-order valence-electron chi connectivity index (χ2n) is 8.44. The lowest BCUT2D eigenvalue weighted by Gasteiger charge is -2.26. The predicted octanol–water partition coefficient (Wildman–Crippen LogP) is 3.43. The lowest BCUT2D eigenvalue weighted by molar-refractivity contribution is -0.274. The molecule has 0 saturated carbocycles. The number of carbonyl (C=O) groups excluding carboxylic acids is 2. The summed E-state index contributed by atoms with van der Waals surface area (Å²) in [5.74, 6) is -0.686. The Morgan fingerprint density at radius 2 is 1.94 bits per heavy atom. The average molecular weight is 500 g/mol. The van der Waals surface area contributed by atoms with Crippen molar-refractivity contribution in [3.8, 4) is 5.75 Å². The number of halogens is 3. The number of ether oxygens (including phenoxy) is 1. The molecule has 1 saturated heterocycles. The van der Waals surface area contributed by atoms with Gasteiger partial charge in [0, 0.05) is 12.2 Å². The van der Waals surface area contributed by atoms with E-state index in [9.17, 15) is 27.6 Å². The molecular weight excluding hydrogens is 477 g/mol. The van der Waals surface area contributed by atoms with Gasteiger partial charge in [0.2, 0.25) is 11.8 Å². The Labute approximate surface area is 203 Å². The van der Waals surface area contributed by atoms with Crippen molar-refractivity contribution in [3.05, 3.63) is 82.0 Å². The molecule has 0 aliphatic carbocycles. The maximum atomic E-state index is 13.5. The summed E-state index contributed by atoms with van der Waals surface area (Å²) in [7, 11) is 0.